The van der Waals surface area contributed by atoms with Gasteiger partial charge in [-0.25, -0.2) is 4.39 Å². The van der Waals surface area contributed by atoms with Gasteiger partial charge in [-0.3, -0.25) is 4.79 Å². The number of nitriles is 1. The monoisotopic (exact) mass is 383 g/mol. The smallest absolute Gasteiger partial charge is 0.151 e. The summed E-state index contributed by atoms with van der Waals surface area (Å²) in [6, 6.07) is 8.12. The first-order valence-electron chi connectivity index (χ1n) is 10.7. The van der Waals surface area contributed by atoms with Crippen LogP contribution in [-0.4, -0.2) is 42.9 Å². The Kier molecular flexibility index (Phi) is 5.80. The van der Waals surface area contributed by atoms with E-state index in [4.69, 9.17) is 0 Å². The average Bonchev–Trinajstić information content (AvgIpc) is 3.33. The van der Waals surface area contributed by atoms with Crippen molar-refractivity contribution in [1.82, 2.24) is 10.2 Å². The first-order valence-corrected chi connectivity index (χ1v) is 10.7. The van der Waals surface area contributed by atoms with E-state index < -0.39 is 5.92 Å². The van der Waals surface area contributed by atoms with Crippen LogP contribution in [0.15, 0.2) is 18.2 Å². The average molecular weight is 384 g/mol. The molecule has 2 heterocycles. The van der Waals surface area contributed by atoms with Crippen molar-refractivity contribution in [3.63, 3.8) is 0 Å². The number of carbonyl (C=O) groups is 1. The minimum atomic E-state index is -0.461. The van der Waals surface area contributed by atoms with E-state index in [9.17, 15) is 14.4 Å². The van der Waals surface area contributed by atoms with Crippen LogP contribution in [0, 0.1) is 29.0 Å². The lowest BCUT2D eigenvalue weighted by atomic mass is 9.86. The Bertz CT molecular complexity index is 766. The van der Waals surface area contributed by atoms with Crippen molar-refractivity contribution >= 4 is 5.78 Å². The molecule has 0 radical (unpaired) electrons. The van der Waals surface area contributed by atoms with Crippen molar-refractivity contribution in [2.75, 3.05) is 20.1 Å². The summed E-state index contributed by atoms with van der Waals surface area (Å²) in [6.07, 6.45) is 5.99. The lowest BCUT2D eigenvalue weighted by Gasteiger charge is -2.29. The standard InChI is InChI=1S/C23H30FN3O/c1-27-8-6-16(7-9-27)17-2-3-18(21(24)13-17)10-15(14-25)11-22(28)23-19-4-5-20(12-19)26-23/h2-3,13,15-16,19-20,23,26H,4-12H2,1H3/t15-,19+,20-,23+/m1/s1. The van der Waals surface area contributed by atoms with Crippen LogP contribution in [0.1, 0.15) is 55.6 Å². The van der Waals surface area contributed by atoms with Gasteiger partial charge in [0.05, 0.1) is 18.0 Å². The number of benzene rings is 1. The Labute approximate surface area is 167 Å². The third kappa shape index (κ3) is 4.14. The summed E-state index contributed by atoms with van der Waals surface area (Å²) in [7, 11) is 2.12. The van der Waals surface area contributed by atoms with Crippen molar-refractivity contribution in [2.24, 2.45) is 11.8 Å². The molecule has 4 nitrogen and oxygen atoms in total. The number of fused-ring (bicyclic) bond motifs is 2. The van der Waals surface area contributed by atoms with E-state index in [1.165, 1.54) is 0 Å². The number of ketones is 1. The normalized spacial score (nSPS) is 29.0. The lowest BCUT2D eigenvalue weighted by Crippen LogP contribution is -2.42. The Hall–Kier alpha value is -1.77. The highest BCUT2D eigenvalue weighted by Crippen LogP contribution is 2.36. The van der Waals surface area contributed by atoms with Crippen LogP contribution in [0.25, 0.3) is 0 Å². The van der Waals surface area contributed by atoms with Gasteiger partial charge < -0.3 is 10.2 Å². The maximum Gasteiger partial charge on any atom is 0.151 e. The third-order valence-corrected chi connectivity index (χ3v) is 7.07. The summed E-state index contributed by atoms with van der Waals surface area (Å²) in [5, 5.41) is 12.9. The molecule has 4 atom stereocenters. The summed E-state index contributed by atoms with van der Waals surface area (Å²) in [5.74, 6) is 0.278. The molecule has 3 fully saturated rings. The van der Waals surface area contributed by atoms with Gasteiger partial charge in [0.15, 0.2) is 5.78 Å². The molecule has 1 N–H and O–H groups in total. The summed E-state index contributed by atoms with van der Waals surface area (Å²) >= 11 is 0. The zero-order valence-corrected chi connectivity index (χ0v) is 16.7. The van der Waals surface area contributed by atoms with Crippen LogP contribution in [0.4, 0.5) is 4.39 Å². The summed E-state index contributed by atoms with van der Waals surface area (Å²) in [6.45, 7) is 2.09. The van der Waals surface area contributed by atoms with Crippen LogP contribution >= 0.6 is 0 Å². The predicted molar refractivity (Wildman–Crippen MR) is 106 cm³/mol. The summed E-state index contributed by atoms with van der Waals surface area (Å²) < 4.78 is 14.7. The number of halogens is 1. The Morgan fingerprint density at radius 3 is 2.71 bits per heavy atom. The minimum Gasteiger partial charge on any atom is -0.306 e. The molecule has 1 aromatic carbocycles. The summed E-state index contributed by atoms with van der Waals surface area (Å²) in [5.41, 5.74) is 1.61. The van der Waals surface area contributed by atoms with Crippen molar-refractivity contribution in [3.8, 4) is 6.07 Å². The van der Waals surface area contributed by atoms with Crippen LogP contribution in [-0.2, 0) is 11.2 Å². The molecule has 28 heavy (non-hydrogen) atoms. The minimum absolute atomic E-state index is 0.0914. The van der Waals surface area contributed by atoms with Gasteiger partial charge in [0.25, 0.3) is 0 Å². The molecule has 0 aromatic heterocycles. The molecule has 2 aliphatic heterocycles. The molecule has 0 spiro atoms. The number of piperidine rings is 2. The molecule has 4 rings (SSSR count). The second-order valence-corrected chi connectivity index (χ2v) is 9.04. The summed E-state index contributed by atoms with van der Waals surface area (Å²) in [4.78, 5) is 15.0. The molecular weight excluding hydrogens is 353 g/mol. The zero-order valence-electron chi connectivity index (χ0n) is 16.7. The topological polar surface area (TPSA) is 56.1 Å². The highest BCUT2D eigenvalue weighted by atomic mass is 19.1. The van der Waals surface area contributed by atoms with Gasteiger partial charge in [0.1, 0.15) is 5.82 Å². The second-order valence-electron chi connectivity index (χ2n) is 9.04. The van der Waals surface area contributed by atoms with Crippen molar-refractivity contribution in [2.45, 2.75) is 62.9 Å². The fourth-order valence-corrected chi connectivity index (χ4v) is 5.34. The van der Waals surface area contributed by atoms with Gasteiger partial charge in [-0.2, -0.15) is 5.26 Å². The van der Waals surface area contributed by atoms with Crippen LogP contribution in [0.2, 0.25) is 0 Å². The van der Waals surface area contributed by atoms with E-state index in [1.54, 1.807) is 6.07 Å². The second kappa shape index (κ2) is 8.31. The molecule has 3 aliphatic rings. The highest BCUT2D eigenvalue weighted by molar-refractivity contribution is 5.85. The predicted octanol–water partition coefficient (Wildman–Crippen LogP) is 3.42. The first-order chi connectivity index (χ1) is 13.5. The number of hydrogen-bond donors (Lipinski definition) is 1. The third-order valence-electron chi connectivity index (χ3n) is 7.07. The zero-order chi connectivity index (χ0) is 19.7. The SMILES string of the molecule is CN1CCC(c2ccc(C[C@@H](C#N)CC(=O)[C@H]3N[C@@H]4CC[C@H]3C4)c(F)c2)CC1. The van der Waals surface area contributed by atoms with Crippen LogP contribution in [0.5, 0.6) is 0 Å². The molecule has 2 saturated heterocycles. The Morgan fingerprint density at radius 1 is 1.32 bits per heavy atom. The van der Waals surface area contributed by atoms with E-state index >= 15 is 0 Å². The number of rotatable bonds is 6. The number of hydrogen-bond acceptors (Lipinski definition) is 4. The molecule has 0 amide bonds. The van der Waals surface area contributed by atoms with Crippen molar-refractivity contribution in [1.29, 1.82) is 5.26 Å². The molecule has 1 aromatic rings. The Balaban J connectivity index is 1.37. The van der Waals surface area contributed by atoms with E-state index in [0.29, 0.717) is 29.9 Å². The maximum atomic E-state index is 14.7. The van der Waals surface area contributed by atoms with Gasteiger partial charge >= 0.3 is 0 Å². The van der Waals surface area contributed by atoms with Crippen molar-refractivity contribution in [3.05, 3.63) is 35.1 Å². The van der Waals surface area contributed by atoms with Gasteiger partial charge in [-0.05, 0) is 87.7 Å². The molecule has 5 heteroatoms. The van der Waals surface area contributed by atoms with E-state index in [1.807, 2.05) is 12.1 Å². The largest absolute Gasteiger partial charge is 0.306 e. The molecule has 1 aliphatic carbocycles. The number of likely N-dealkylation sites (tertiary alicyclic amines) is 1. The molecule has 0 unspecified atom stereocenters. The van der Waals surface area contributed by atoms with E-state index in [-0.39, 0.29) is 24.1 Å². The molecular formula is C23H30FN3O. The van der Waals surface area contributed by atoms with E-state index in [2.05, 4.69) is 23.3 Å². The first kappa shape index (κ1) is 19.5. The molecule has 1 saturated carbocycles. The lowest BCUT2D eigenvalue weighted by molar-refractivity contribution is -0.122. The number of Topliss-reactive ketones (excluding diaryl/α,β-unsaturated/α-hetero) is 1. The maximum absolute atomic E-state index is 14.7. The number of nitrogens with one attached hydrogen (secondary N) is 1. The van der Waals surface area contributed by atoms with Gasteiger partial charge in [-0.1, -0.05) is 12.1 Å². The quantitative estimate of drug-likeness (QED) is 0.818. The molecule has 150 valence electrons. The Morgan fingerprint density at radius 2 is 2.11 bits per heavy atom. The van der Waals surface area contributed by atoms with Crippen LogP contribution in [0.3, 0.4) is 0 Å². The van der Waals surface area contributed by atoms with Crippen molar-refractivity contribution < 1.29 is 9.18 Å². The number of nitrogens with zero attached hydrogens (tertiary/aromatic N) is 2. The van der Waals surface area contributed by atoms with Crippen LogP contribution < -0.4 is 5.32 Å². The fraction of sp³-hybridized carbons (Fsp3) is 0.652. The van der Waals surface area contributed by atoms with Gasteiger partial charge in [0, 0.05) is 12.5 Å². The van der Waals surface area contributed by atoms with E-state index in [0.717, 1.165) is 50.8 Å². The van der Waals surface area contributed by atoms with Gasteiger partial charge in [0.2, 0.25) is 0 Å². The molecule has 2 bridgehead atoms. The highest BCUT2D eigenvalue weighted by Gasteiger charge is 2.42. The van der Waals surface area contributed by atoms with Gasteiger partial charge in [-0.15, -0.1) is 0 Å². The number of carbonyl (C=O) groups excluding carboxylic acids is 1. The fourth-order valence-electron chi connectivity index (χ4n) is 5.34.